The minimum absolute atomic E-state index is 0.131. The Morgan fingerprint density at radius 2 is 1.90 bits per heavy atom. The molecule has 1 aliphatic carbocycles. The molecule has 1 saturated carbocycles. The van der Waals surface area contributed by atoms with Crippen LogP contribution in [-0.2, 0) is 0 Å². The summed E-state index contributed by atoms with van der Waals surface area (Å²) in [7, 11) is 0. The normalized spacial score (nSPS) is 13.5. The predicted octanol–water partition coefficient (Wildman–Crippen LogP) is 7.76. The summed E-state index contributed by atoms with van der Waals surface area (Å²) in [4.78, 5) is 27.4. The number of nitrogens with one attached hydrogen (secondary N) is 2. The minimum atomic E-state index is -0.464. The summed E-state index contributed by atoms with van der Waals surface area (Å²) in [6.45, 7) is 12.8. The van der Waals surface area contributed by atoms with Crippen LogP contribution in [0.3, 0.4) is 0 Å². The molecule has 7 nitrogen and oxygen atoms in total. The van der Waals surface area contributed by atoms with Crippen LogP contribution in [0, 0.1) is 13.8 Å². The SMILES string of the molecule is CC.CC=N/C(=C\C)c1ccnc(C)n1.Cc1cc(Cl)c2[nH]c(C(=O)NCCCN)cc2c1.FC1CCCCC1. The van der Waals surface area contributed by atoms with Gasteiger partial charge in [-0.25, -0.2) is 14.4 Å². The number of carbonyl (C=O) groups excluding carboxylic acids is 1. The number of nitrogens with two attached hydrogens (primary N) is 1. The molecule has 1 aromatic carbocycles. The number of carbonyl (C=O) groups is 1. The van der Waals surface area contributed by atoms with Crippen molar-refractivity contribution in [1.29, 1.82) is 0 Å². The number of halogens is 2. The van der Waals surface area contributed by atoms with E-state index in [-0.39, 0.29) is 5.91 Å². The summed E-state index contributed by atoms with van der Waals surface area (Å²) in [5.41, 5.74) is 9.52. The predicted molar refractivity (Wildman–Crippen MR) is 168 cm³/mol. The number of rotatable bonds is 6. The van der Waals surface area contributed by atoms with Crippen LogP contribution in [-0.4, -0.2) is 46.3 Å². The zero-order chi connectivity index (χ0) is 29.9. The number of aromatic nitrogens is 3. The number of aryl methyl sites for hydroxylation is 2. The van der Waals surface area contributed by atoms with E-state index < -0.39 is 6.17 Å². The lowest BCUT2D eigenvalue weighted by atomic mass is 9.99. The quantitative estimate of drug-likeness (QED) is 0.207. The second-order valence-electron chi connectivity index (χ2n) is 9.08. The van der Waals surface area contributed by atoms with Crippen molar-refractivity contribution < 1.29 is 9.18 Å². The molecule has 4 rings (SSSR count). The largest absolute Gasteiger partial charge is 0.351 e. The Bertz CT molecular complexity index is 1220. The topological polar surface area (TPSA) is 109 Å². The van der Waals surface area contributed by atoms with Gasteiger partial charge in [-0.2, -0.15) is 0 Å². The highest BCUT2D eigenvalue weighted by Gasteiger charge is 2.11. The molecule has 0 spiro atoms. The van der Waals surface area contributed by atoms with Crippen LogP contribution in [0.1, 0.15) is 93.8 Å². The van der Waals surface area contributed by atoms with Gasteiger partial charge in [-0.05, 0) is 83.3 Å². The summed E-state index contributed by atoms with van der Waals surface area (Å²) in [6, 6.07) is 7.53. The Balaban J connectivity index is 0.000000317. The van der Waals surface area contributed by atoms with E-state index in [2.05, 4.69) is 25.3 Å². The number of benzene rings is 1. The molecule has 0 bridgehead atoms. The van der Waals surface area contributed by atoms with Crippen LogP contribution in [0.2, 0.25) is 5.02 Å². The van der Waals surface area contributed by atoms with E-state index in [9.17, 15) is 9.18 Å². The lowest BCUT2D eigenvalue weighted by Gasteiger charge is -2.12. The van der Waals surface area contributed by atoms with Crippen molar-refractivity contribution in [3.8, 4) is 0 Å². The highest BCUT2D eigenvalue weighted by molar-refractivity contribution is 6.35. The van der Waals surface area contributed by atoms with Crippen LogP contribution in [0.25, 0.3) is 16.6 Å². The van der Waals surface area contributed by atoms with E-state index in [4.69, 9.17) is 17.3 Å². The van der Waals surface area contributed by atoms with Crippen molar-refractivity contribution >= 4 is 40.3 Å². The van der Waals surface area contributed by atoms with Crippen LogP contribution in [0.15, 0.2) is 41.5 Å². The minimum Gasteiger partial charge on any atom is -0.351 e. The lowest BCUT2D eigenvalue weighted by Crippen LogP contribution is -2.26. The number of hydrogen-bond donors (Lipinski definition) is 3. The van der Waals surface area contributed by atoms with Gasteiger partial charge in [0.25, 0.3) is 5.91 Å². The molecule has 0 radical (unpaired) electrons. The van der Waals surface area contributed by atoms with Gasteiger partial charge in [0.05, 0.1) is 21.9 Å². The number of hydrogen-bond acceptors (Lipinski definition) is 5. The summed E-state index contributed by atoms with van der Waals surface area (Å²) >= 11 is 6.13. The van der Waals surface area contributed by atoms with Gasteiger partial charge < -0.3 is 16.0 Å². The summed E-state index contributed by atoms with van der Waals surface area (Å²) in [5, 5.41) is 4.38. The molecule has 4 N–H and O–H groups in total. The molecule has 1 fully saturated rings. The zero-order valence-electron chi connectivity index (χ0n) is 24.9. The van der Waals surface area contributed by atoms with Crippen LogP contribution in [0.4, 0.5) is 4.39 Å². The highest BCUT2D eigenvalue weighted by atomic mass is 35.5. The van der Waals surface area contributed by atoms with Gasteiger partial charge in [0.2, 0.25) is 0 Å². The van der Waals surface area contributed by atoms with Crippen LogP contribution < -0.4 is 11.1 Å². The fourth-order valence-corrected chi connectivity index (χ4v) is 4.27. The Kier molecular flexibility index (Phi) is 17.4. The van der Waals surface area contributed by atoms with E-state index in [1.54, 1.807) is 12.4 Å². The second kappa shape index (κ2) is 19.9. The number of H-pyrrole nitrogens is 1. The van der Waals surface area contributed by atoms with Crippen molar-refractivity contribution in [2.45, 2.75) is 86.2 Å². The molecule has 9 heteroatoms. The standard InChI is InChI=1S/C13H16ClN3O.C10H13N3.C6H11F.C2H6/c1-8-5-9-7-11(13(18)16-4-2-3-15)17-12(9)10(14)6-8;1-4-9(11-5-2)10-6-7-12-8(3)13-10;7-6-4-2-1-3-5-6;1-2/h5-7,17H,2-4,15H2,1H3,(H,16,18);4-7H,1-3H3;6H,1-5H2;1-2H3/b;9-4-,11-5?;;. The number of amides is 1. The first kappa shape index (κ1) is 34.9. The van der Waals surface area contributed by atoms with E-state index in [0.29, 0.717) is 23.8 Å². The maximum Gasteiger partial charge on any atom is 0.267 e. The number of aliphatic imine (C=N–C) groups is 1. The van der Waals surface area contributed by atoms with Crippen molar-refractivity contribution in [3.63, 3.8) is 0 Å². The Morgan fingerprint density at radius 3 is 2.45 bits per heavy atom. The lowest BCUT2D eigenvalue weighted by molar-refractivity contribution is 0.0949. The van der Waals surface area contributed by atoms with Gasteiger partial charge in [0, 0.05) is 24.3 Å². The third kappa shape index (κ3) is 12.4. The first-order valence-corrected chi connectivity index (χ1v) is 14.5. The Hall–Kier alpha value is -3.10. The number of allylic oxidation sites excluding steroid dienone is 1. The van der Waals surface area contributed by atoms with Gasteiger partial charge in [-0.15, -0.1) is 0 Å². The molecule has 220 valence electrons. The third-order valence-corrected chi connectivity index (χ3v) is 6.15. The fourth-order valence-electron chi connectivity index (χ4n) is 3.94. The molecule has 1 amide bonds. The molecule has 3 aromatic rings. The molecule has 0 aliphatic heterocycles. The summed E-state index contributed by atoms with van der Waals surface area (Å²) in [6.07, 6.45) is 10.9. The average molecular weight is 573 g/mol. The first-order chi connectivity index (χ1) is 19.3. The molecule has 40 heavy (non-hydrogen) atoms. The van der Waals surface area contributed by atoms with Gasteiger partial charge in [0.1, 0.15) is 17.7 Å². The second-order valence-corrected chi connectivity index (χ2v) is 9.48. The Labute approximate surface area is 243 Å². The molecular formula is C31H46ClFN6O. The number of fused-ring (bicyclic) bond motifs is 1. The number of alkyl halides is 1. The van der Waals surface area contributed by atoms with Crippen molar-refractivity contribution in [2.24, 2.45) is 10.7 Å². The molecular weight excluding hydrogens is 527 g/mol. The molecule has 0 unspecified atom stereocenters. The summed E-state index contributed by atoms with van der Waals surface area (Å²) in [5.74, 6) is 0.636. The Morgan fingerprint density at radius 1 is 1.20 bits per heavy atom. The molecule has 2 aromatic heterocycles. The molecule has 0 atom stereocenters. The van der Waals surface area contributed by atoms with Crippen molar-refractivity contribution in [1.82, 2.24) is 20.3 Å². The molecule has 2 heterocycles. The third-order valence-electron chi connectivity index (χ3n) is 5.85. The van der Waals surface area contributed by atoms with E-state index >= 15 is 0 Å². The maximum atomic E-state index is 12.2. The van der Waals surface area contributed by atoms with E-state index in [1.807, 2.05) is 71.9 Å². The average Bonchev–Trinajstić information content (AvgIpc) is 3.39. The van der Waals surface area contributed by atoms with Crippen LogP contribution in [0.5, 0.6) is 0 Å². The number of aromatic amines is 1. The van der Waals surface area contributed by atoms with Gasteiger partial charge in [-0.1, -0.05) is 50.8 Å². The molecule has 1 aliphatic rings. The number of nitrogens with zero attached hydrogens (tertiary/aromatic N) is 3. The zero-order valence-corrected chi connectivity index (χ0v) is 25.6. The molecule has 0 saturated heterocycles. The first-order valence-electron chi connectivity index (χ1n) is 14.1. The van der Waals surface area contributed by atoms with Gasteiger partial charge in [0.15, 0.2) is 0 Å². The van der Waals surface area contributed by atoms with Crippen LogP contribution >= 0.6 is 11.6 Å². The smallest absolute Gasteiger partial charge is 0.267 e. The van der Waals surface area contributed by atoms with Gasteiger partial charge in [-0.3, -0.25) is 9.79 Å². The van der Waals surface area contributed by atoms with E-state index in [0.717, 1.165) is 65.8 Å². The van der Waals surface area contributed by atoms with Crippen molar-refractivity contribution in [3.05, 3.63) is 64.3 Å². The monoisotopic (exact) mass is 572 g/mol. The summed E-state index contributed by atoms with van der Waals surface area (Å²) < 4.78 is 12.2. The van der Waals surface area contributed by atoms with Gasteiger partial charge >= 0.3 is 0 Å². The maximum absolute atomic E-state index is 12.2. The van der Waals surface area contributed by atoms with E-state index in [1.165, 1.54) is 6.42 Å². The highest BCUT2D eigenvalue weighted by Crippen LogP contribution is 2.25. The van der Waals surface area contributed by atoms with Crippen molar-refractivity contribution in [2.75, 3.05) is 13.1 Å². The fraction of sp³-hybridized carbons (Fsp3) is 0.484.